The highest BCUT2D eigenvalue weighted by atomic mass is 79.9. The standard InChI is InChI=1S/C22H35BrO2/c1-21(25)10-3-4-15-14(12-21)5-6-17-16(15)9-11-22(2)18(17)7-8-19(22)20(24)13-23/h14-19,25H,3-13H2,1-2H3/t14-,15+,16-,17-,18+,19-,21+,22+/m1/s1. The Morgan fingerprint density at radius 1 is 1.00 bits per heavy atom. The summed E-state index contributed by atoms with van der Waals surface area (Å²) in [7, 11) is 0. The second-order valence-electron chi connectivity index (χ2n) is 10.3. The first-order valence-electron chi connectivity index (χ1n) is 10.7. The van der Waals surface area contributed by atoms with Crippen molar-refractivity contribution in [2.24, 2.45) is 40.9 Å². The molecule has 4 saturated carbocycles. The van der Waals surface area contributed by atoms with Crippen LogP contribution in [0.5, 0.6) is 0 Å². The first kappa shape index (κ1) is 18.5. The fourth-order valence-electron chi connectivity index (χ4n) is 7.94. The van der Waals surface area contributed by atoms with E-state index in [0.29, 0.717) is 17.0 Å². The van der Waals surface area contributed by atoms with Gasteiger partial charge in [-0.25, -0.2) is 0 Å². The van der Waals surface area contributed by atoms with Crippen LogP contribution in [-0.4, -0.2) is 21.8 Å². The Bertz CT molecular complexity index is 530. The molecule has 0 amide bonds. The quantitative estimate of drug-likeness (QED) is 0.621. The SMILES string of the molecule is C[C@]1(O)CCC[C@H]2[C@H](CC[C@@H]3[C@@H]2CC[C@]2(C)[C@@H](C(=O)CBr)CC[C@@H]32)C1. The van der Waals surface area contributed by atoms with Crippen molar-refractivity contribution in [1.82, 2.24) is 0 Å². The number of fused-ring (bicyclic) bond motifs is 5. The minimum absolute atomic E-state index is 0.259. The molecule has 25 heavy (non-hydrogen) atoms. The number of carbonyl (C=O) groups is 1. The van der Waals surface area contributed by atoms with E-state index in [-0.39, 0.29) is 5.41 Å². The molecule has 4 fully saturated rings. The van der Waals surface area contributed by atoms with Crippen molar-refractivity contribution in [3.8, 4) is 0 Å². The van der Waals surface area contributed by atoms with Crippen LogP contribution in [-0.2, 0) is 4.79 Å². The van der Waals surface area contributed by atoms with Gasteiger partial charge in [-0.3, -0.25) is 4.79 Å². The molecule has 0 radical (unpaired) electrons. The number of hydrogen-bond donors (Lipinski definition) is 1. The van der Waals surface area contributed by atoms with Gasteiger partial charge >= 0.3 is 0 Å². The van der Waals surface area contributed by atoms with Crippen LogP contribution in [0.3, 0.4) is 0 Å². The average molecular weight is 411 g/mol. The second kappa shape index (κ2) is 6.62. The Labute approximate surface area is 161 Å². The summed E-state index contributed by atoms with van der Waals surface area (Å²) in [5.41, 5.74) is -0.175. The number of aliphatic hydroxyl groups is 1. The molecule has 0 spiro atoms. The number of alkyl halides is 1. The number of Topliss-reactive ketones (excluding diaryl/α,β-unsaturated/α-hetero) is 1. The van der Waals surface area contributed by atoms with Gasteiger partial charge in [-0.2, -0.15) is 0 Å². The maximum absolute atomic E-state index is 12.5. The van der Waals surface area contributed by atoms with Gasteiger partial charge in [0.2, 0.25) is 0 Å². The lowest BCUT2D eigenvalue weighted by molar-refractivity contribution is -0.127. The van der Waals surface area contributed by atoms with Gasteiger partial charge < -0.3 is 5.11 Å². The van der Waals surface area contributed by atoms with Crippen LogP contribution < -0.4 is 0 Å². The van der Waals surface area contributed by atoms with Gasteiger partial charge in [0.1, 0.15) is 5.78 Å². The zero-order valence-electron chi connectivity index (χ0n) is 16.0. The maximum Gasteiger partial charge on any atom is 0.147 e. The highest BCUT2D eigenvalue weighted by Crippen LogP contribution is 2.64. The molecule has 4 rings (SSSR count). The summed E-state index contributed by atoms with van der Waals surface area (Å²) in [6.07, 6.45) is 12.2. The highest BCUT2D eigenvalue weighted by Gasteiger charge is 2.58. The van der Waals surface area contributed by atoms with Crippen molar-refractivity contribution in [2.45, 2.75) is 83.7 Å². The molecule has 1 N–H and O–H groups in total. The van der Waals surface area contributed by atoms with Gasteiger partial charge in [0.05, 0.1) is 10.9 Å². The van der Waals surface area contributed by atoms with Crippen LogP contribution in [0, 0.1) is 40.9 Å². The molecule has 4 aliphatic carbocycles. The number of carbonyl (C=O) groups excluding carboxylic acids is 1. The Morgan fingerprint density at radius 2 is 1.80 bits per heavy atom. The van der Waals surface area contributed by atoms with Crippen LogP contribution in [0.2, 0.25) is 0 Å². The van der Waals surface area contributed by atoms with E-state index in [1.165, 1.54) is 44.9 Å². The summed E-state index contributed by atoms with van der Waals surface area (Å²) in [6, 6.07) is 0. The summed E-state index contributed by atoms with van der Waals surface area (Å²) in [5, 5.41) is 11.2. The van der Waals surface area contributed by atoms with E-state index >= 15 is 0 Å². The summed E-state index contributed by atoms with van der Waals surface area (Å²) >= 11 is 3.43. The molecule has 2 nitrogen and oxygen atoms in total. The largest absolute Gasteiger partial charge is 0.390 e. The zero-order chi connectivity index (χ0) is 17.8. The third-order valence-electron chi connectivity index (χ3n) is 8.99. The van der Waals surface area contributed by atoms with E-state index < -0.39 is 5.60 Å². The van der Waals surface area contributed by atoms with E-state index in [0.717, 1.165) is 48.9 Å². The molecule has 3 heteroatoms. The normalized spacial score (nSPS) is 52.6. The lowest BCUT2D eigenvalue weighted by Gasteiger charge is -2.54. The Kier molecular flexibility index (Phi) is 4.89. The van der Waals surface area contributed by atoms with Gasteiger partial charge in [0.15, 0.2) is 0 Å². The first-order valence-corrected chi connectivity index (χ1v) is 11.8. The molecule has 0 heterocycles. The van der Waals surface area contributed by atoms with Gasteiger partial charge in [0, 0.05) is 5.92 Å². The van der Waals surface area contributed by atoms with Crippen LogP contribution in [0.4, 0.5) is 0 Å². The molecule has 142 valence electrons. The minimum atomic E-state index is -0.434. The Hall–Kier alpha value is 0.110. The molecule has 0 aliphatic heterocycles. The number of hydrogen-bond acceptors (Lipinski definition) is 2. The second-order valence-corrected chi connectivity index (χ2v) is 10.9. The predicted molar refractivity (Wildman–Crippen MR) is 105 cm³/mol. The van der Waals surface area contributed by atoms with Crippen LogP contribution in [0.1, 0.15) is 78.1 Å². The molecule has 4 aliphatic rings. The molecule has 0 aromatic heterocycles. The van der Waals surface area contributed by atoms with Gasteiger partial charge in [-0.1, -0.05) is 29.3 Å². The maximum atomic E-state index is 12.5. The van der Waals surface area contributed by atoms with Crippen molar-refractivity contribution in [3.63, 3.8) is 0 Å². The average Bonchev–Trinajstić information content (AvgIpc) is 2.83. The molecule has 0 bridgehead atoms. The molecule has 0 saturated heterocycles. The van der Waals surface area contributed by atoms with Crippen molar-refractivity contribution in [2.75, 3.05) is 5.33 Å². The monoisotopic (exact) mass is 410 g/mol. The zero-order valence-corrected chi connectivity index (χ0v) is 17.6. The molecule has 0 unspecified atom stereocenters. The van der Waals surface area contributed by atoms with Gasteiger partial charge in [-0.15, -0.1) is 0 Å². The van der Waals surface area contributed by atoms with E-state index in [1.54, 1.807) is 0 Å². The van der Waals surface area contributed by atoms with Crippen LogP contribution in [0.15, 0.2) is 0 Å². The van der Waals surface area contributed by atoms with Gasteiger partial charge in [0.25, 0.3) is 0 Å². The van der Waals surface area contributed by atoms with Crippen LogP contribution in [0.25, 0.3) is 0 Å². The number of rotatable bonds is 2. The lowest BCUT2D eigenvalue weighted by Crippen LogP contribution is -2.48. The molecule has 0 aromatic carbocycles. The first-order chi connectivity index (χ1) is 11.9. The lowest BCUT2D eigenvalue weighted by atomic mass is 9.50. The van der Waals surface area contributed by atoms with E-state index in [4.69, 9.17) is 0 Å². The molecule has 0 aromatic rings. The van der Waals surface area contributed by atoms with E-state index in [1.807, 2.05) is 0 Å². The van der Waals surface area contributed by atoms with Crippen LogP contribution >= 0.6 is 15.9 Å². The minimum Gasteiger partial charge on any atom is -0.390 e. The molecular formula is C22H35BrO2. The fraction of sp³-hybridized carbons (Fsp3) is 0.955. The smallest absolute Gasteiger partial charge is 0.147 e. The van der Waals surface area contributed by atoms with E-state index in [2.05, 4.69) is 29.8 Å². The Morgan fingerprint density at radius 3 is 2.56 bits per heavy atom. The number of halogens is 1. The topological polar surface area (TPSA) is 37.3 Å². The molecule has 8 atom stereocenters. The summed E-state index contributed by atoms with van der Waals surface area (Å²) in [5.74, 6) is 4.80. The fourth-order valence-corrected chi connectivity index (χ4v) is 8.34. The van der Waals surface area contributed by atoms with E-state index in [9.17, 15) is 9.90 Å². The summed E-state index contributed by atoms with van der Waals surface area (Å²) in [4.78, 5) is 12.5. The summed E-state index contributed by atoms with van der Waals surface area (Å²) < 4.78 is 0. The summed E-state index contributed by atoms with van der Waals surface area (Å²) in [6.45, 7) is 4.50. The number of ketones is 1. The van der Waals surface area contributed by atoms with Crippen molar-refractivity contribution >= 4 is 21.7 Å². The third-order valence-corrected chi connectivity index (χ3v) is 9.55. The third kappa shape index (κ3) is 3.06. The molecular weight excluding hydrogens is 376 g/mol. The highest BCUT2D eigenvalue weighted by molar-refractivity contribution is 9.09. The predicted octanol–water partition coefficient (Wildman–Crippen LogP) is 5.36. The Balaban J connectivity index is 1.55. The van der Waals surface area contributed by atoms with Crippen molar-refractivity contribution < 1.29 is 9.90 Å². The van der Waals surface area contributed by atoms with Gasteiger partial charge in [-0.05, 0) is 99.7 Å². The van der Waals surface area contributed by atoms with Crippen molar-refractivity contribution in [3.05, 3.63) is 0 Å². The van der Waals surface area contributed by atoms with Crippen molar-refractivity contribution in [1.29, 1.82) is 0 Å².